The van der Waals surface area contributed by atoms with Gasteiger partial charge in [-0.15, -0.1) is 0 Å². The van der Waals surface area contributed by atoms with Gasteiger partial charge < -0.3 is 15.2 Å². The molecule has 1 aliphatic rings. The second-order valence-electron chi connectivity index (χ2n) is 7.65. The molecule has 0 spiro atoms. The van der Waals surface area contributed by atoms with Crippen molar-refractivity contribution in [3.8, 4) is 11.1 Å². The van der Waals surface area contributed by atoms with Crippen molar-refractivity contribution in [3.63, 3.8) is 0 Å². The number of nitrogens with one attached hydrogen (secondary N) is 3. The van der Waals surface area contributed by atoms with E-state index in [0.29, 0.717) is 5.69 Å². The van der Waals surface area contributed by atoms with Gasteiger partial charge in [0.1, 0.15) is 5.82 Å². The first kappa shape index (κ1) is 23.0. The lowest BCUT2D eigenvalue weighted by molar-refractivity contribution is -0.137. The molecule has 1 atom stereocenters. The second kappa shape index (κ2) is 8.28. The number of alkyl halides is 3. The molecular weight excluding hydrogens is 458 g/mol. The van der Waals surface area contributed by atoms with E-state index in [1.54, 1.807) is 7.05 Å². The molecule has 176 valence electrons. The van der Waals surface area contributed by atoms with E-state index in [9.17, 15) is 31.9 Å². The van der Waals surface area contributed by atoms with Gasteiger partial charge in [-0.1, -0.05) is 12.1 Å². The lowest BCUT2D eigenvalue weighted by Gasteiger charge is -2.26. The number of imidazole rings is 1. The maximum Gasteiger partial charge on any atom is 0.416 e. The van der Waals surface area contributed by atoms with Crippen LogP contribution in [0.2, 0.25) is 0 Å². The summed E-state index contributed by atoms with van der Waals surface area (Å²) in [6.07, 6.45) is -1.77. The van der Waals surface area contributed by atoms with Crippen molar-refractivity contribution in [2.24, 2.45) is 7.05 Å². The molecule has 0 bridgehead atoms. The molecule has 1 fully saturated rings. The Hall–Kier alpha value is -4.22. The first-order valence-electron chi connectivity index (χ1n) is 9.87. The Morgan fingerprint density at radius 3 is 2.41 bits per heavy atom. The number of carbonyl (C=O) groups excluding carboxylic acids is 3. The number of amides is 4. The van der Waals surface area contributed by atoms with Gasteiger partial charge in [0.15, 0.2) is 5.54 Å². The number of nitrogens with zero attached hydrogens (tertiary/aromatic N) is 2. The fourth-order valence-electron chi connectivity index (χ4n) is 3.76. The number of aryl methyl sites for hydroxylation is 1. The van der Waals surface area contributed by atoms with Gasteiger partial charge in [0.05, 0.1) is 30.3 Å². The molecule has 0 saturated carbocycles. The van der Waals surface area contributed by atoms with Crippen LogP contribution in [0, 0.1) is 5.82 Å². The van der Waals surface area contributed by atoms with E-state index in [1.807, 2.05) is 0 Å². The second-order valence-corrected chi connectivity index (χ2v) is 7.65. The fourth-order valence-corrected chi connectivity index (χ4v) is 3.76. The van der Waals surface area contributed by atoms with Crippen LogP contribution in [0.1, 0.15) is 21.6 Å². The monoisotopic (exact) mass is 475 g/mol. The van der Waals surface area contributed by atoms with Gasteiger partial charge in [0.25, 0.3) is 11.8 Å². The van der Waals surface area contributed by atoms with E-state index in [-0.39, 0.29) is 23.2 Å². The maximum absolute atomic E-state index is 14.0. The van der Waals surface area contributed by atoms with Crippen molar-refractivity contribution in [2.75, 3.05) is 6.54 Å². The third kappa shape index (κ3) is 4.09. The van der Waals surface area contributed by atoms with E-state index < -0.39 is 40.9 Å². The van der Waals surface area contributed by atoms with Crippen molar-refractivity contribution in [1.82, 2.24) is 25.5 Å². The van der Waals surface area contributed by atoms with Crippen LogP contribution in [-0.4, -0.2) is 33.9 Å². The van der Waals surface area contributed by atoms with Gasteiger partial charge in [0.2, 0.25) is 0 Å². The number of hydrogen-bond acceptors (Lipinski definition) is 4. The molecule has 0 unspecified atom stereocenters. The lowest BCUT2D eigenvalue weighted by Crippen LogP contribution is -2.53. The number of urea groups is 1. The normalized spacial score (nSPS) is 17.9. The highest BCUT2D eigenvalue weighted by molar-refractivity contribution is 6.08. The smallest absolute Gasteiger partial charge is 0.349 e. The maximum atomic E-state index is 14.0. The van der Waals surface area contributed by atoms with Crippen LogP contribution >= 0.6 is 0 Å². The number of carbonyl (C=O) groups is 3. The van der Waals surface area contributed by atoms with Crippen LogP contribution in [0.15, 0.2) is 55.0 Å². The predicted molar refractivity (Wildman–Crippen MR) is 111 cm³/mol. The predicted octanol–water partition coefficient (Wildman–Crippen LogP) is 2.71. The number of aromatic nitrogens is 2. The Bertz CT molecular complexity index is 1290. The minimum Gasteiger partial charge on any atom is -0.349 e. The summed E-state index contributed by atoms with van der Waals surface area (Å²) in [6.45, 7) is -0.368. The van der Waals surface area contributed by atoms with Gasteiger partial charge in [-0.2, -0.15) is 13.2 Å². The molecule has 8 nitrogen and oxygen atoms in total. The van der Waals surface area contributed by atoms with Crippen molar-refractivity contribution < 1.29 is 31.9 Å². The Morgan fingerprint density at radius 1 is 1.15 bits per heavy atom. The van der Waals surface area contributed by atoms with E-state index in [2.05, 4.69) is 20.9 Å². The highest BCUT2D eigenvalue weighted by atomic mass is 19.4. The molecule has 4 amide bonds. The van der Waals surface area contributed by atoms with E-state index in [0.717, 1.165) is 36.4 Å². The summed E-state index contributed by atoms with van der Waals surface area (Å²) in [5, 5.41) is 7.18. The summed E-state index contributed by atoms with van der Waals surface area (Å²) < 4.78 is 54.1. The van der Waals surface area contributed by atoms with Gasteiger partial charge in [-0.25, -0.2) is 14.2 Å². The van der Waals surface area contributed by atoms with Crippen LogP contribution in [-0.2, 0) is 23.6 Å². The van der Waals surface area contributed by atoms with Crippen LogP contribution in [0.5, 0.6) is 0 Å². The summed E-state index contributed by atoms with van der Waals surface area (Å²) in [5.41, 5.74) is -2.03. The molecular formula is C22H17F4N5O3. The zero-order valence-electron chi connectivity index (χ0n) is 17.5. The average molecular weight is 475 g/mol. The highest BCUT2D eigenvalue weighted by Crippen LogP contribution is 2.32. The van der Waals surface area contributed by atoms with Gasteiger partial charge in [-0.05, 0) is 41.5 Å². The number of imide groups is 1. The van der Waals surface area contributed by atoms with Crippen LogP contribution in [0.25, 0.3) is 11.1 Å². The quantitative estimate of drug-likeness (QED) is 0.390. The van der Waals surface area contributed by atoms with Crippen molar-refractivity contribution in [3.05, 3.63) is 77.6 Å². The summed E-state index contributed by atoms with van der Waals surface area (Å²) >= 11 is 0. The van der Waals surface area contributed by atoms with E-state index in [1.165, 1.54) is 23.2 Å². The zero-order chi connectivity index (χ0) is 24.7. The molecule has 34 heavy (non-hydrogen) atoms. The standard InChI is InChI=1S/C22H17F4N5O3/c1-31-11-27-9-17(31)21(19(33)29-20(34)30-21)10-28-18(32)15-7-6-14(23)8-16(15)12-2-4-13(5-3-12)22(24,25)26/h2-9,11H,10H2,1H3,(H,28,32)(H2,29,30,33,34)/t21-/m1/s1. The first-order chi connectivity index (χ1) is 16.0. The summed E-state index contributed by atoms with van der Waals surface area (Å²) in [6, 6.07) is 6.42. The molecule has 1 saturated heterocycles. The highest BCUT2D eigenvalue weighted by Gasteiger charge is 2.50. The molecule has 3 aromatic rings. The van der Waals surface area contributed by atoms with Gasteiger partial charge in [0, 0.05) is 12.6 Å². The van der Waals surface area contributed by atoms with Gasteiger partial charge >= 0.3 is 12.2 Å². The molecule has 2 heterocycles. The Morgan fingerprint density at radius 2 is 1.85 bits per heavy atom. The minimum absolute atomic E-state index is 0.0361. The molecule has 0 aliphatic carbocycles. The zero-order valence-corrected chi connectivity index (χ0v) is 17.5. The average Bonchev–Trinajstić information content (AvgIpc) is 3.33. The Balaban J connectivity index is 1.65. The summed E-state index contributed by atoms with van der Waals surface area (Å²) in [5.74, 6) is -2.13. The fraction of sp³-hybridized carbons (Fsp3) is 0.182. The molecule has 3 N–H and O–H groups in total. The van der Waals surface area contributed by atoms with Crippen molar-refractivity contribution >= 4 is 17.8 Å². The van der Waals surface area contributed by atoms with E-state index in [4.69, 9.17) is 0 Å². The number of rotatable bonds is 5. The summed E-state index contributed by atoms with van der Waals surface area (Å²) in [4.78, 5) is 41.5. The molecule has 1 aromatic heterocycles. The molecule has 12 heteroatoms. The third-order valence-corrected chi connectivity index (χ3v) is 5.46. The molecule has 4 rings (SSSR count). The largest absolute Gasteiger partial charge is 0.416 e. The SMILES string of the molecule is Cn1cncc1[C@@]1(CNC(=O)c2ccc(F)cc2-c2ccc(C(F)(F)F)cc2)NC(=O)NC1=O. The third-order valence-electron chi connectivity index (χ3n) is 5.46. The number of hydrogen-bond donors (Lipinski definition) is 3. The first-order valence-corrected chi connectivity index (χ1v) is 9.87. The minimum atomic E-state index is -4.55. The Kier molecular flexibility index (Phi) is 5.59. The van der Waals surface area contributed by atoms with E-state index >= 15 is 0 Å². The van der Waals surface area contributed by atoms with Crippen LogP contribution in [0.4, 0.5) is 22.4 Å². The lowest BCUT2D eigenvalue weighted by atomic mass is 9.94. The number of benzene rings is 2. The van der Waals surface area contributed by atoms with Crippen LogP contribution < -0.4 is 16.0 Å². The van der Waals surface area contributed by atoms with Crippen molar-refractivity contribution in [2.45, 2.75) is 11.7 Å². The van der Waals surface area contributed by atoms with Gasteiger partial charge in [-0.3, -0.25) is 14.9 Å². The Labute approximate surface area is 190 Å². The van der Waals surface area contributed by atoms with Crippen molar-refractivity contribution in [1.29, 1.82) is 0 Å². The molecule has 1 aliphatic heterocycles. The molecule has 2 aromatic carbocycles. The topological polar surface area (TPSA) is 105 Å². The number of halogens is 4. The summed E-state index contributed by atoms with van der Waals surface area (Å²) in [7, 11) is 1.60. The molecule has 0 radical (unpaired) electrons. The van der Waals surface area contributed by atoms with Crippen LogP contribution in [0.3, 0.4) is 0 Å².